The Morgan fingerprint density at radius 3 is 2.50 bits per heavy atom. The lowest BCUT2D eigenvalue weighted by Crippen LogP contribution is -2.41. The van der Waals surface area contributed by atoms with Crippen LogP contribution >= 0.6 is 0 Å². The molecule has 0 saturated carbocycles. The average molecular weight is 437 g/mol. The van der Waals surface area contributed by atoms with Gasteiger partial charge in [0.15, 0.2) is 11.5 Å². The minimum atomic E-state index is -3.78. The van der Waals surface area contributed by atoms with Crippen molar-refractivity contribution >= 4 is 21.8 Å². The number of hydrogen-bond acceptors (Lipinski definition) is 6. The van der Waals surface area contributed by atoms with Crippen LogP contribution in [0.15, 0.2) is 47.4 Å². The quantitative estimate of drug-likeness (QED) is 0.634. The normalized spacial score (nSPS) is 12.6. The number of hydrogen-bond donors (Lipinski definition) is 2. The summed E-state index contributed by atoms with van der Waals surface area (Å²) in [6.45, 7) is 0.158. The third kappa shape index (κ3) is 5.05. The van der Waals surface area contributed by atoms with Gasteiger partial charge in [0.25, 0.3) is 5.91 Å². The fourth-order valence-electron chi connectivity index (χ4n) is 2.67. The number of halogens is 1. The van der Waals surface area contributed by atoms with E-state index >= 15 is 0 Å². The Bertz CT molecular complexity index is 1040. The standard InChI is InChI=1S/C19H20FN3O6S/c1-23(30(26,27)15-7-5-14(20)6-8-15)10-2-3-18(24)21-22-19(25)13-4-9-16-17(11-13)29-12-28-16/h4-9,11H,2-3,10,12H2,1H3,(H,21,24)(H,22,25). The molecule has 0 radical (unpaired) electrons. The molecule has 1 aliphatic rings. The van der Waals surface area contributed by atoms with Crippen LogP contribution in [0.4, 0.5) is 4.39 Å². The lowest BCUT2D eigenvalue weighted by Gasteiger charge is -2.17. The van der Waals surface area contributed by atoms with Gasteiger partial charge in [-0.3, -0.25) is 20.4 Å². The van der Waals surface area contributed by atoms with Crippen molar-refractivity contribution in [1.82, 2.24) is 15.2 Å². The molecule has 0 bridgehead atoms. The van der Waals surface area contributed by atoms with Gasteiger partial charge >= 0.3 is 0 Å². The summed E-state index contributed by atoms with van der Waals surface area (Å²) in [6, 6.07) is 9.12. The van der Waals surface area contributed by atoms with Crippen LogP contribution in [-0.4, -0.2) is 44.9 Å². The minimum Gasteiger partial charge on any atom is -0.454 e. The third-order valence-electron chi connectivity index (χ3n) is 4.35. The van der Waals surface area contributed by atoms with Gasteiger partial charge in [0.05, 0.1) is 4.90 Å². The summed E-state index contributed by atoms with van der Waals surface area (Å²) in [6.07, 6.45) is 0.216. The second kappa shape index (κ2) is 9.09. The van der Waals surface area contributed by atoms with Crippen LogP contribution in [0.3, 0.4) is 0 Å². The highest BCUT2D eigenvalue weighted by molar-refractivity contribution is 7.89. The first-order valence-electron chi connectivity index (χ1n) is 8.98. The van der Waals surface area contributed by atoms with Crippen LogP contribution in [0.5, 0.6) is 11.5 Å². The van der Waals surface area contributed by atoms with E-state index in [-0.39, 0.29) is 36.6 Å². The predicted molar refractivity (Wildman–Crippen MR) is 104 cm³/mol. The SMILES string of the molecule is CN(CCCC(=O)NNC(=O)c1ccc2c(c1)OCO2)S(=O)(=O)c1ccc(F)cc1. The molecule has 3 rings (SSSR count). The van der Waals surface area contributed by atoms with E-state index in [4.69, 9.17) is 9.47 Å². The zero-order valence-electron chi connectivity index (χ0n) is 16.1. The van der Waals surface area contributed by atoms with Gasteiger partial charge < -0.3 is 9.47 Å². The molecule has 0 saturated heterocycles. The van der Waals surface area contributed by atoms with Gasteiger partial charge in [0.2, 0.25) is 22.7 Å². The number of hydrazine groups is 1. The Balaban J connectivity index is 1.43. The molecule has 0 aliphatic carbocycles. The lowest BCUT2D eigenvalue weighted by atomic mass is 10.2. The zero-order chi connectivity index (χ0) is 21.7. The summed E-state index contributed by atoms with van der Waals surface area (Å²) >= 11 is 0. The number of sulfonamides is 1. The summed E-state index contributed by atoms with van der Waals surface area (Å²) in [4.78, 5) is 24.0. The molecule has 160 valence electrons. The van der Waals surface area contributed by atoms with Crippen LogP contribution in [0.1, 0.15) is 23.2 Å². The predicted octanol–water partition coefficient (Wildman–Crippen LogP) is 1.42. The number of nitrogens with zero attached hydrogens (tertiary/aromatic N) is 1. The number of amides is 2. The molecule has 30 heavy (non-hydrogen) atoms. The topological polar surface area (TPSA) is 114 Å². The fraction of sp³-hybridized carbons (Fsp3) is 0.263. The first kappa shape index (κ1) is 21.5. The Morgan fingerprint density at radius 2 is 1.77 bits per heavy atom. The Hall–Kier alpha value is -3.18. The molecule has 1 aliphatic heterocycles. The summed E-state index contributed by atoms with van der Waals surface area (Å²) in [5.41, 5.74) is 4.85. The smallest absolute Gasteiger partial charge is 0.269 e. The molecule has 1 heterocycles. The molecule has 0 unspecified atom stereocenters. The van der Waals surface area contributed by atoms with Crippen molar-refractivity contribution in [2.24, 2.45) is 0 Å². The van der Waals surface area contributed by atoms with Gasteiger partial charge in [-0.15, -0.1) is 0 Å². The molecule has 0 fully saturated rings. The summed E-state index contributed by atoms with van der Waals surface area (Å²) in [7, 11) is -2.40. The molecular formula is C19H20FN3O6S. The maximum atomic E-state index is 13.0. The van der Waals surface area contributed by atoms with Crippen molar-refractivity contribution in [2.45, 2.75) is 17.7 Å². The van der Waals surface area contributed by atoms with Crippen LogP contribution in [0.25, 0.3) is 0 Å². The molecule has 0 atom stereocenters. The van der Waals surface area contributed by atoms with Crippen LogP contribution in [0.2, 0.25) is 0 Å². The van der Waals surface area contributed by atoms with Crippen molar-refractivity contribution in [3.8, 4) is 11.5 Å². The molecule has 9 nitrogen and oxygen atoms in total. The summed E-state index contributed by atoms with van der Waals surface area (Å²) < 4.78 is 49.2. The van der Waals surface area contributed by atoms with Gasteiger partial charge in [0, 0.05) is 25.6 Å². The number of nitrogens with one attached hydrogen (secondary N) is 2. The van der Waals surface area contributed by atoms with E-state index in [0.29, 0.717) is 11.5 Å². The second-order valence-electron chi connectivity index (χ2n) is 6.45. The monoisotopic (exact) mass is 437 g/mol. The van der Waals surface area contributed by atoms with E-state index in [0.717, 1.165) is 16.4 Å². The van der Waals surface area contributed by atoms with Crippen LogP contribution in [-0.2, 0) is 14.8 Å². The van der Waals surface area contributed by atoms with Gasteiger partial charge in [-0.05, 0) is 48.9 Å². The molecule has 2 amide bonds. The Morgan fingerprint density at radius 1 is 1.07 bits per heavy atom. The van der Waals surface area contributed by atoms with E-state index in [1.807, 2.05) is 0 Å². The number of benzene rings is 2. The van der Waals surface area contributed by atoms with Crippen molar-refractivity contribution in [2.75, 3.05) is 20.4 Å². The van der Waals surface area contributed by atoms with Crippen LogP contribution in [0, 0.1) is 5.82 Å². The average Bonchev–Trinajstić information content (AvgIpc) is 3.20. The van der Waals surface area contributed by atoms with Gasteiger partial charge in [-0.1, -0.05) is 0 Å². The number of ether oxygens (including phenoxy) is 2. The molecule has 0 spiro atoms. The molecule has 2 N–H and O–H groups in total. The van der Waals surface area contributed by atoms with Gasteiger partial charge in [0.1, 0.15) is 5.82 Å². The number of rotatable bonds is 7. The van der Waals surface area contributed by atoms with E-state index < -0.39 is 27.7 Å². The van der Waals surface area contributed by atoms with Gasteiger partial charge in [-0.25, -0.2) is 17.1 Å². The Kier molecular flexibility index (Phi) is 6.53. The van der Waals surface area contributed by atoms with E-state index in [9.17, 15) is 22.4 Å². The number of carbonyl (C=O) groups is 2. The number of fused-ring (bicyclic) bond motifs is 1. The van der Waals surface area contributed by atoms with Crippen molar-refractivity contribution in [3.05, 3.63) is 53.8 Å². The highest BCUT2D eigenvalue weighted by atomic mass is 32.2. The Labute approximate surface area is 172 Å². The molecule has 2 aromatic rings. The molecule has 11 heteroatoms. The van der Waals surface area contributed by atoms with Crippen molar-refractivity contribution < 1.29 is 31.9 Å². The second-order valence-corrected chi connectivity index (χ2v) is 8.50. The van der Waals surface area contributed by atoms with Crippen LogP contribution < -0.4 is 20.3 Å². The summed E-state index contributed by atoms with van der Waals surface area (Å²) in [5, 5.41) is 0. The first-order valence-corrected chi connectivity index (χ1v) is 10.4. The van der Waals surface area contributed by atoms with Crippen molar-refractivity contribution in [1.29, 1.82) is 0 Å². The first-order chi connectivity index (χ1) is 14.3. The molecular weight excluding hydrogens is 417 g/mol. The number of carbonyl (C=O) groups excluding carboxylic acids is 2. The fourth-order valence-corrected chi connectivity index (χ4v) is 3.88. The maximum absolute atomic E-state index is 13.0. The highest BCUT2D eigenvalue weighted by Crippen LogP contribution is 2.32. The largest absolute Gasteiger partial charge is 0.454 e. The maximum Gasteiger partial charge on any atom is 0.269 e. The van der Waals surface area contributed by atoms with Gasteiger partial charge in [-0.2, -0.15) is 0 Å². The highest BCUT2D eigenvalue weighted by Gasteiger charge is 2.21. The zero-order valence-corrected chi connectivity index (χ0v) is 16.9. The van der Waals surface area contributed by atoms with E-state index in [2.05, 4.69) is 10.9 Å². The minimum absolute atomic E-state index is 0.00923. The third-order valence-corrected chi connectivity index (χ3v) is 6.22. The van der Waals surface area contributed by atoms with E-state index in [1.165, 1.54) is 31.3 Å². The van der Waals surface area contributed by atoms with E-state index in [1.54, 1.807) is 6.07 Å². The molecule has 0 aromatic heterocycles. The van der Waals surface area contributed by atoms with Crippen molar-refractivity contribution in [3.63, 3.8) is 0 Å². The summed E-state index contributed by atoms with van der Waals surface area (Å²) in [5.74, 6) is -0.555. The lowest BCUT2D eigenvalue weighted by molar-refractivity contribution is -0.122. The molecule has 2 aromatic carbocycles.